The van der Waals surface area contributed by atoms with Crippen LogP contribution in [-0.4, -0.2) is 17.9 Å². The van der Waals surface area contributed by atoms with Gasteiger partial charge in [0.25, 0.3) is 0 Å². The van der Waals surface area contributed by atoms with Crippen molar-refractivity contribution in [1.29, 1.82) is 0 Å². The van der Waals surface area contributed by atoms with E-state index in [0.717, 1.165) is 6.92 Å². The molecule has 1 amide bonds. The molecule has 0 saturated carbocycles. The molecule has 1 aromatic rings. The zero-order valence-electron chi connectivity index (χ0n) is 13.1. The molecule has 0 bridgehead atoms. The summed E-state index contributed by atoms with van der Waals surface area (Å²) in [6.45, 7) is 4.43. The van der Waals surface area contributed by atoms with Crippen molar-refractivity contribution in [2.45, 2.75) is 39.3 Å². The van der Waals surface area contributed by atoms with Crippen molar-refractivity contribution in [3.8, 4) is 0 Å². The molecule has 0 spiro atoms. The summed E-state index contributed by atoms with van der Waals surface area (Å²) >= 11 is 0. The van der Waals surface area contributed by atoms with Crippen molar-refractivity contribution in [3.05, 3.63) is 35.1 Å². The Kier molecular flexibility index (Phi) is 6.28. The lowest BCUT2D eigenvalue weighted by atomic mass is 10.0. The Morgan fingerprint density at radius 1 is 1.17 bits per heavy atom. The van der Waals surface area contributed by atoms with Crippen LogP contribution in [0.3, 0.4) is 0 Å². The van der Waals surface area contributed by atoms with Crippen molar-refractivity contribution in [1.82, 2.24) is 5.32 Å². The number of hydrogen-bond acceptors (Lipinski definition) is 3. The number of carbonyl (C=O) groups excluding carboxylic acids is 2. The first-order valence-corrected chi connectivity index (χ1v) is 6.97. The second-order valence-corrected chi connectivity index (χ2v) is 5.54. The van der Waals surface area contributed by atoms with E-state index < -0.39 is 47.0 Å². The van der Waals surface area contributed by atoms with Crippen LogP contribution in [0, 0.1) is 23.4 Å². The highest BCUT2D eigenvalue weighted by molar-refractivity contribution is 5.83. The summed E-state index contributed by atoms with van der Waals surface area (Å²) in [4.78, 5) is 22.9. The van der Waals surface area contributed by atoms with Crippen molar-refractivity contribution in [3.63, 3.8) is 0 Å². The van der Waals surface area contributed by atoms with Crippen molar-refractivity contribution >= 4 is 11.9 Å². The number of rotatable bonds is 6. The van der Waals surface area contributed by atoms with Crippen LogP contribution < -0.4 is 5.32 Å². The fourth-order valence-electron chi connectivity index (χ4n) is 1.93. The average molecular weight is 353 g/mol. The Bertz CT molecular complexity index is 634. The van der Waals surface area contributed by atoms with E-state index in [0.29, 0.717) is 0 Å². The Balaban J connectivity index is 3.05. The van der Waals surface area contributed by atoms with Gasteiger partial charge in [-0.2, -0.15) is 8.78 Å². The van der Waals surface area contributed by atoms with Gasteiger partial charge in [-0.15, -0.1) is 0 Å². The van der Waals surface area contributed by atoms with Crippen LogP contribution in [0.25, 0.3) is 0 Å². The molecule has 134 valence electrons. The molecule has 0 fully saturated rings. The van der Waals surface area contributed by atoms with Gasteiger partial charge in [0, 0.05) is 6.92 Å². The maximum Gasteiger partial charge on any atom is 0.431 e. The molecule has 1 atom stereocenters. The van der Waals surface area contributed by atoms with E-state index in [1.54, 1.807) is 13.8 Å². The number of nitrogens with one attached hydrogen (secondary N) is 1. The SMILES string of the molecule is CC(=O)N[C@@H](CC(C)C)C(=O)OC(F)(F)c1ccc(F)c(F)c1F. The van der Waals surface area contributed by atoms with Gasteiger partial charge in [0.15, 0.2) is 17.5 Å². The minimum absolute atomic E-state index is 0.00520. The number of hydrogen-bond donors (Lipinski definition) is 1. The number of benzene rings is 1. The Hall–Kier alpha value is -2.19. The van der Waals surface area contributed by atoms with Crippen LogP contribution in [0.5, 0.6) is 0 Å². The maximum absolute atomic E-state index is 13.9. The van der Waals surface area contributed by atoms with E-state index in [9.17, 15) is 31.5 Å². The molecule has 0 aliphatic heterocycles. The Labute approximate surface area is 135 Å². The summed E-state index contributed by atoms with van der Waals surface area (Å²) in [6.07, 6.45) is -4.54. The highest BCUT2D eigenvalue weighted by Gasteiger charge is 2.42. The molecule has 0 aliphatic carbocycles. The summed E-state index contributed by atoms with van der Waals surface area (Å²) < 4.78 is 71.2. The van der Waals surface area contributed by atoms with E-state index in [4.69, 9.17) is 0 Å². The summed E-state index contributed by atoms with van der Waals surface area (Å²) in [5.74, 6) is -8.25. The number of carbonyl (C=O) groups is 2. The normalized spacial score (nSPS) is 12.9. The molecular weight excluding hydrogens is 337 g/mol. The molecule has 0 heterocycles. The van der Waals surface area contributed by atoms with Crippen LogP contribution in [0.2, 0.25) is 0 Å². The van der Waals surface area contributed by atoms with E-state index in [-0.39, 0.29) is 24.5 Å². The second kappa shape index (κ2) is 7.59. The quantitative estimate of drug-likeness (QED) is 0.485. The topological polar surface area (TPSA) is 55.4 Å². The fraction of sp³-hybridized carbons (Fsp3) is 0.467. The number of esters is 1. The highest BCUT2D eigenvalue weighted by Crippen LogP contribution is 2.33. The van der Waals surface area contributed by atoms with E-state index in [1.807, 2.05) is 0 Å². The molecule has 4 nitrogen and oxygen atoms in total. The van der Waals surface area contributed by atoms with Crippen LogP contribution in [0.1, 0.15) is 32.8 Å². The predicted molar refractivity (Wildman–Crippen MR) is 73.4 cm³/mol. The molecule has 0 unspecified atom stereocenters. The van der Waals surface area contributed by atoms with Crippen molar-refractivity contribution in [2.24, 2.45) is 5.92 Å². The van der Waals surface area contributed by atoms with Crippen molar-refractivity contribution in [2.75, 3.05) is 0 Å². The van der Waals surface area contributed by atoms with Crippen molar-refractivity contribution < 1.29 is 36.3 Å². The van der Waals surface area contributed by atoms with Gasteiger partial charge in [-0.05, 0) is 24.5 Å². The molecule has 1 rings (SSSR count). The first-order chi connectivity index (χ1) is 11.0. The minimum atomic E-state index is -4.54. The predicted octanol–water partition coefficient (Wildman–Crippen LogP) is 3.25. The first kappa shape index (κ1) is 19.9. The van der Waals surface area contributed by atoms with Crippen LogP contribution >= 0.6 is 0 Å². The van der Waals surface area contributed by atoms with Gasteiger partial charge in [0.05, 0.1) is 0 Å². The van der Waals surface area contributed by atoms with Gasteiger partial charge >= 0.3 is 12.1 Å². The molecule has 24 heavy (non-hydrogen) atoms. The molecular formula is C15H16F5NO3. The molecule has 0 radical (unpaired) electrons. The van der Waals surface area contributed by atoms with Crippen LogP contribution in [-0.2, 0) is 20.4 Å². The average Bonchev–Trinajstić information content (AvgIpc) is 2.42. The first-order valence-electron chi connectivity index (χ1n) is 6.97. The Morgan fingerprint density at radius 2 is 1.75 bits per heavy atom. The largest absolute Gasteiger partial charge is 0.431 e. The minimum Gasteiger partial charge on any atom is -0.395 e. The molecule has 0 aliphatic rings. The lowest BCUT2D eigenvalue weighted by Crippen LogP contribution is -2.43. The molecule has 0 aromatic heterocycles. The van der Waals surface area contributed by atoms with Gasteiger partial charge in [0.2, 0.25) is 5.91 Å². The third-order valence-corrected chi connectivity index (χ3v) is 2.95. The van der Waals surface area contributed by atoms with Crippen LogP contribution in [0.15, 0.2) is 12.1 Å². The zero-order chi connectivity index (χ0) is 18.7. The third kappa shape index (κ3) is 4.90. The molecule has 0 saturated heterocycles. The number of halogens is 5. The van der Waals surface area contributed by atoms with Gasteiger partial charge < -0.3 is 10.1 Å². The summed E-state index contributed by atoms with van der Waals surface area (Å²) in [5, 5.41) is 2.15. The zero-order valence-corrected chi connectivity index (χ0v) is 13.1. The van der Waals surface area contributed by atoms with Crippen LogP contribution in [0.4, 0.5) is 22.0 Å². The molecule has 1 aromatic carbocycles. The van der Waals surface area contributed by atoms with Gasteiger partial charge in [0.1, 0.15) is 11.6 Å². The van der Waals surface area contributed by atoms with E-state index in [1.165, 1.54) is 0 Å². The van der Waals surface area contributed by atoms with Gasteiger partial charge in [-0.3, -0.25) is 4.79 Å². The van der Waals surface area contributed by atoms with E-state index >= 15 is 0 Å². The monoisotopic (exact) mass is 353 g/mol. The summed E-state index contributed by atoms with van der Waals surface area (Å²) in [6, 6.07) is -0.826. The van der Waals surface area contributed by atoms with Gasteiger partial charge in [-0.1, -0.05) is 13.8 Å². The van der Waals surface area contributed by atoms with Gasteiger partial charge in [-0.25, -0.2) is 18.0 Å². The lowest BCUT2D eigenvalue weighted by Gasteiger charge is -2.23. The lowest BCUT2D eigenvalue weighted by molar-refractivity contribution is -0.243. The summed E-state index contributed by atoms with van der Waals surface area (Å²) in [7, 11) is 0. The standard InChI is InChI=1S/C15H16F5NO3/c1-7(2)6-11(21-8(3)22)14(23)24-15(19,20)9-4-5-10(16)13(18)12(9)17/h4-5,7,11H,6H2,1-3H3,(H,21,22)/t11-/m0/s1. The second-order valence-electron chi connectivity index (χ2n) is 5.54. The fourth-order valence-corrected chi connectivity index (χ4v) is 1.93. The highest BCUT2D eigenvalue weighted by atomic mass is 19.3. The third-order valence-electron chi connectivity index (χ3n) is 2.95. The Morgan fingerprint density at radius 3 is 2.25 bits per heavy atom. The smallest absolute Gasteiger partial charge is 0.395 e. The number of amides is 1. The molecule has 1 N–H and O–H groups in total. The summed E-state index contributed by atoms with van der Waals surface area (Å²) in [5.41, 5.74) is -1.62. The maximum atomic E-state index is 13.9. The molecule has 9 heteroatoms. The number of ether oxygens (including phenoxy) is 1. The van der Waals surface area contributed by atoms with E-state index in [2.05, 4.69) is 10.1 Å². The number of alkyl halides is 2.